The van der Waals surface area contributed by atoms with Crippen molar-refractivity contribution >= 4 is 0 Å². The maximum atomic E-state index is 3.40. The number of unbranched alkanes of at least 4 members (excludes halogenated alkanes) is 3. The van der Waals surface area contributed by atoms with E-state index in [1.807, 2.05) is 0 Å². The van der Waals surface area contributed by atoms with Crippen molar-refractivity contribution in [3.8, 4) is 0 Å². The van der Waals surface area contributed by atoms with Crippen LogP contribution in [-0.2, 0) is 0 Å². The van der Waals surface area contributed by atoms with Crippen LogP contribution >= 0.6 is 0 Å². The van der Waals surface area contributed by atoms with Crippen molar-refractivity contribution in [3.05, 3.63) is 0 Å². The first kappa shape index (κ1) is 12.0. The molecule has 0 amide bonds. The molecule has 0 spiro atoms. The summed E-state index contributed by atoms with van der Waals surface area (Å²) >= 11 is 0. The molecule has 0 aromatic carbocycles. The zero-order chi connectivity index (χ0) is 10.2. The second-order valence-corrected chi connectivity index (χ2v) is 4.48. The van der Waals surface area contributed by atoms with Crippen molar-refractivity contribution in [1.82, 2.24) is 10.2 Å². The Morgan fingerprint density at radius 2 is 1.86 bits per heavy atom. The van der Waals surface area contributed by atoms with Crippen LogP contribution in [0.15, 0.2) is 0 Å². The van der Waals surface area contributed by atoms with Crippen LogP contribution in [0.2, 0.25) is 0 Å². The lowest BCUT2D eigenvalue weighted by molar-refractivity contribution is 0.174. The third kappa shape index (κ3) is 4.43. The van der Waals surface area contributed by atoms with E-state index in [2.05, 4.69) is 24.1 Å². The SMILES string of the molecule is CCCCCC[C@H](C)N1CCNCC1. The monoisotopic (exact) mass is 198 g/mol. The predicted molar refractivity (Wildman–Crippen MR) is 62.7 cm³/mol. The van der Waals surface area contributed by atoms with E-state index in [0.29, 0.717) is 0 Å². The van der Waals surface area contributed by atoms with Gasteiger partial charge in [-0.15, -0.1) is 0 Å². The van der Waals surface area contributed by atoms with Gasteiger partial charge in [-0.1, -0.05) is 32.6 Å². The molecule has 1 aliphatic rings. The molecule has 1 aliphatic heterocycles. The molecule has 1 rings (SSSR count). The number of rotatable bonds is 6. The van der Waals surface area contributed by atoms with Crippen LogP contribution in [0.4, 0.5) is 0 Å². The maximum Gasteiger partial charge on any atom is 0.0110 e. The maximum absolute atomic E-state index is 3.40. The minimum Gasteiger partial charge on any atom is -0.314 e. The highest BCUT2D eigenvalue weighted by atomic mass is 15.2. The summed E-state index contributed by atoms with van der Waals surface area (Å²) < 4.78 is 0. The summed E-state index contributed by atoms with van der Waals surface area (Å²) in [5.41, 5.74) is 0. The van der Waals surface area contributed by atoms with Gasteiger partial charge in [0, 0.05) is 32.2 Å². The molecular formula is C12H26N2. The van der Waals surface area contributed by atoms with E-state index in [1.54, 1.807) is 0 Å². The standard InChI is InChI=1S/C12H26N2/c1-3-4-5-6-7-12(2)14-10-8-13-9-11-14/h12-13H,3-11H2,1-2H3/t12-/m0/s1. The van der Waals surface area contributed by atoms with Gasteiger partial charge in [0.2, 0.25) is 0 Å². The molecule has 0 saturated carbocycles. The Morgan fingerprint density at radius 3 is 2.50 bits per heavy atom. The molecule has 1 N–H and O–H groups in total. The first-order valence-corrected chi connectivity index (χ1v) is 6.29. The summed E-state index contributed by atoms with van der Waals surface area (Å²) in [5.74, 6) is 0. The average molecular weight is 198 g/mol. The molecule has 1 fully saturated rings. The summed E-state index contributed by atoms with van der Waals surface area (Å²) in [6.07, 6.45) is 6.99. The molecule has 2 heteroatoms. The molecule has 1 heterocycles. The Morgan fingerprint density at radius 1 is 1.14 bits per heavy atom. The van der Waals surface area contributed by atoms with Crippen molar-refractivity contribution in [1.29, 1.82) is 0 Å². The zero-order valence-corrected chi connectivity index (χ0v) is 9.89. The fourth-order valence-electron chi connectivity index (χ4n) is 2.17. The molecule has 0 aromatic heterocycles. The Hall–Kier alpha value is -0.0800. The van der Waals surface area contributed by atoms with Gasteiger partial charge in [0.1, 0.15) is 0 Å². The molecule has 0 aromatic rings. The van der Waals surface area contributed by atoms with Crippen molar-refractivity contribution in [2.75, 3.05) is 26.2 Å². The Bertz CT molecular complexity index is 130. The number of nitrogens with one attached hydrogen (secondary N) is 1. The third-order valence-electron chi connectivity index (χ3n) is 3.25. The van der Waals surface area contributed by atoms with Gasteiger partial charge in [-0.05, 0) is 13.3 Å². The van der Waals surface area contributed by atoms with E-state index >= 15 is 0 Å². The van der Waals surface area contributed by atoms with Crippen molar-refractivity contribution in [3.63, 3.8) is 0 Å². The van der Waals surface area contributed by atoms with E-state index in [-0.39, 0.29) is 0 Å². The van der Waals surface area contributed by atoms with Gasteiger partial charge in [0.05, 0.1) is 0 Å². The lowest BCUT2D eigenvalue weighted by atomic mass is 10.1. The van der Waals surface area contributed by atoms with Crippen LogP contribution in [0.3, 0.4) is 0 Å². The van der Waals surface area contributed by atoms with E-state index < -0.39 is 0 Å². The zero-order valence-electron chi connectivity index (χ0n) is 9.89. The van der Waals surface area contributed by atoms with Crippen molar-refractivity contribution < 1.29 is 0 Å². The topological polar surface area (TPSA) is 15.3 Å². The van der Waals surface area contributed by atoms with Crippen molar-refractivity contribution in [2.45, 2.75) is 52.0 Å². The second kappa shape index (κ2) is 7.24. The van der Waals surface area contributed by atoms with Crippen LogP contribution in [0, 0.1) is 0 Å². The molecule has 2 nitrogen and oxygen atoms in total. The van der Waals surface area contributed by atoms with Gasteiger partial charge >= 0.3 is 0 Å². The Kier molecular flexibility index (Phi) is 6.20. The van der Waals surface area contributed by atoms with E-state index in [4.69, 9.17) is 0 Å². The lowest BCUT2D eigenvalue weighted by Crippen LogP contribution is -2.47. The molecule has 14 heavy (non-hydrogen) atoms. The molecule has 1 atom stereocenters. The fourth-order valence-corrected chi connectivity index (χ4v) is 2.17. The van der Waals surface area contributed by atoms with Crippen LogP contribution in [0.1, 0.15) is 46.0 Å². The van der Waals surface area contributed by atoms with Crippen molar-refractivity contribution in [2.24, 2.45) is 0 Å². The first-order chi connectivity index (χ1) is 6.84. The molecule has 1 saturated heterocycles. The van der Waals surface area contributed by atoms with Gasteiger partial charge in [0.15, 0.2) is 0 Å². The quantitative estimate of drug-likeness (QED) is 0.659. The fraction of sp³-hybridized carbons (Fsp3) is 1.00. The van der Waals surface area contributed by atoms with Gasteiger partial charge in [-0.3, -0.25) is 4.90 Å². The first-order valence-electron chi connectivity index (χ1n) is 6.29. The number of hydrogen-bond donors (Lipinski definition) is 1. The second-order valence-electron chi connectivity index (χ2n) is 4.48. The summed E-state index contributed by atoms with van der Waals surface area (Å²) in [7, 11) is 0. The molecule has 84 valence electrons. The van der Waals surface area contributed by atoms with Gasteiger partial charge in [-0.2, -0.15) is 0 Å². The summed E-state index contributed by atoms with van der Waals surface area (Å²) in [6, 6.07) is 0.800. The van der Waals surface area contributed by atoms with Gasteiger partial charge in [-0.25, -0.2) is 0 Å². The number of piperazine rings is 1. The Balaban J connectivity index is 2.04. The van der Waals surface area contributed by atoms with Crippen LogP contribution < -0.4 is 5.32 Å². The van der Waals surface area contributed by atoms with Crippen LogP contribution in [0.25, 0.3) is 0 Å². The van der Waals surface area contributed by atoms with Gasteiger partial charge < -0.3 is 5.32 Å². The average Bonchev–Trinajstić information content (AvgIpc) is 2.25. The predicted octanol–water partition coefficient (Wildman–Crippen LogP) is 2.25. The van der Waals surface area contributed by atoms with Crippen LogP contribution in [-0.4, -0.2) is 37.1 Å². The summed E-state index contributed by atoms with van der Waals surface area (Å²) in [4.78, 5) is 2.63. The smallest absolute Gasteiger partial charge is 0.0110 e. The minimum absolute atomic E-state index is 0.800. The summed E-state index contributed by atoms with van der Waals surface area (Å²) in [5, 5.41) is 3.40. The highest BCUT2D eigenvalue weighted by Gasteiger charge is 2.15. The molecule has 0 aliphatic carbocycles. The van der Waals surface area contributed by atoms with E-state index in [1.165, 1.54) is 58.3 Å². The normalized spacial score (nSPS) is 21.0. The third-order valence-corrected chi connectivity index (χ3v) is 3.25. The lowest BCUT2D eigenvalue weighted by Gasteiger charge is -2.32. The molecule has 0 unspecified atom stereocenters. The highest BCUT2D eigenvalue weighted by molar-refractivity contribution is 4.73. The largest absolute Gasteiger partial charge is 0.314 e. The molecular weight excluding hydrogens is 172 g/mol. The number of hydrogen-bond acceptors (Lipinski definition) is 2. The van der Waals surface area contributed by atoms with Crippen LogP contribution in [0.5, 0.6) is 0 Å². The minimum atomic E-state index is 0.800. The highest BCUT2D eigenvalue weighted by Crippen LogP contribution is 2.10. The molecule has 0 bridgehead atoms. The van der Waals surface area contributed by atoms with Gasteiger partial charge in [0.25, 0.3) is 0 Å². The summed E-state index contributed by atoms with van der Waals surface area (Å²) in [6.45, 7) is 9.51. The number of nitrogens with zero attached hydrogens (tertiary/aromatic N) is 1. The molecule has 0 radical (unpaired) electrons. The Labute approximate surface area is 89.1 Å². The van der Waals surface area contributed by atoms with E-state index in [9.17, 15) is 0 Å². The van der Waals surface area contributed by atoms with E-state index in [0.717, 1.165) is 6.04 Å².